The summed E-state index contributed by atoms with van der Waals surface area (Å²) in [7, 11) is 1.47. The van der Waals surface area contributed by atoms with Gasteiger partial charge in [0.1, 0.15) is 11.3 Å². The molecule has 0 spiro atoms. The van der Waals surface area contributed by atoms with Gasteiger partial charge < -0.3 is 9.47 Å². The number of nitriles is 1. The highest BCUT2D eigenvalue weighted by Crippen LogP contribution is 2.26. The number of methoxy groups -OCH3 is 1. The first-order valence-electron chi connectivity index (χ1n) is 5.46. The molecule has 0 atom stereocenters. The second-order valence-electron chi connectivity index (χ2n) is 3.40. The van der Waals surface area contributed by atoms with E-state index in [0.717, 1.165) is 5.56 Å². The van der Waals surface area contributed by atoms with Crippen LogP contribution in [0.4, 0.5) is 0 Å². The second-order valence-corrected chi connectivity index (χ2v) is 3.40. The van der Waals surface area contributed by atoms with Crippen LogP contribution < -0.4 is 4.74 Å². The largest absolute Gasteiger partial charge is 0.496 e. The normalized spacial score (nSPS) is 9.53. The Labute approximate surface area is 101 Å². The van der Waals surface area contributed by atoms with Gasteiger partial charge >= 0.3 is 5.97 Å². The zero-order chi connectivity index (χ0) is 12.8. The molecule has 0 unspecified atom stereocenters. The van der Waals surface area contributed by atoms with E-state index in [0.29, 0.717) is 29.9 Å². The molecule has 0 aliphatic rings. The van der Waals surface area contributed by atoms with Gasteiger partial charge in [-0.1, -0.05) is 6.92 Å². The van der Waals surface area contributed by atoms with Crippen molar-refractivity contribution in [2.45, 2.75) is 20.3 Å². The van der Waals surface area contributed by atoms with E-state index in [4.69, 9.17) is 14.7 Å². The van der Waals surface area contributed by atoms with Gasteiger partial charge in [-0.05, 0) is 31.0 Å². The molecule has 4 heteroatoms. The standard InChI is InChI=1S/C13H15NO3/c1-4-10-6-9(8-14)7-11(16-3)12(10)13(15)17-5-2/h6-7H,4-5H2,1-3H3. The highest BCUT2D eigenvalue weighted by atomic mass is 16.5. The molecule has 0 amide bonds. The number of carbonyl (C=O) groups excluding carboxylic acids is 1. The lowest BCUT2D eigenvalue weighted by molar-refractivity contribution is 0.0521. The Bertz CT molecular complexity index is 435. The first-order chi connectivity index (χ1) is 8.17. The number of rotatable bonds is 4. The lowest BCUT2D eigenvalue weighted by Crippen LogP contribution is -2.10. The van der Waals surface area contributed by atoms with Crippen LogP contribution in [0.15, 0.2) is 12.1 Å². The molecule has 0 fully saturated rings. The van der Waals surface area contributed by atoms with Crippen molar-refractivity contribution in [3.63, 3.8) is 0 Å². The topological polar surface area (TPSA) is 59.3 Å². The third-order valence-electron chi connectivity index (χ3n) is 2.39. The fraction of sp³-hybridized carbons (Fsp3) is 0.385. The van der Waals surface area contributed by atoms with Gasteiger partial charge in [-0.25, -0.2) is 4.79 Å². The van der Waals surface area contributed by atoms with Crippen LogP contribution in [0, 0.1) is 11.3 Å². The molecule has 0 aliphatic heterocycles. The van der Waals surface area contributed by atoms with Crippen molar-refractivity contribution in [2.24, 2.45) is 0 Å². The molecule has 17 heavy (non-hydrogen) atoms. The predicted molar refractivity (Wildman–Crippen MR) is 63.0 cm³/mol. The predicted octanol–water partition coefficient (Wildman–Crippen LogP) is 2.31. The SMILES string of the molecule is CCOC(=O)c1c(CC)cc(C#N)cc1OC. The molecular formula is C13H15NO3. The smallest absolute Gasteiger partial charge is 0.342 e. The van der Waals surface area contributed by atoms with Crippen LogP contribution in [0.25, 0.3) is 0 Å². The molecule has 0 aliphatic carbocycles. The van der Waals surface area contributed by atoms with E-state index in [1.807, 2.05) is 13.0 Å². The van der Waals surface area contributed by atoms with E-state index in [1.165, 1.54) is 7.11 Å². The number of hydrogen-bond donors (Lipinski definition) is 0. The zero-order valence-corrected chi connectivity index (χ0v) is 10.2. The van der Waals surface area contributed by atoms with Crippen LogP contribution in [-0.2, 0) is 11.2 Å². The van der Waals surface area contributed by atoms with Gasteiger partial charge in [0.2, 0.25) is 0 Å². The Morgan fingerprint density at radius 2 is 2.12 bits per heavy atom. The van der Waals surface area contributed by atoms with Crippen molar-refractivity contribution in [1.29, 1.82) is 5.26 Å². The van der Waals surface area contributed by atoms with Crippen molar-refractivity contribution in [3.05, 3.63) is 28.8 Å². The minimum absolute atomic E-state index is 0.311. The molecule has 4 nitrogen and oxygen atoms in total. The van der Waals surface area contributed by atoms with Crippen LogP contribution in [-0.4, -0.2) is 19.7 Å². The Morgan fingerprint density at radius 3 is 2.59 bits per heavy atom. The van der Waals surface area contributed by atoms with Crippen LogP contribution in [0.3, 0.4) is 0 Å². The number of hydrogen-bond acceptors (Lipinski definition) is 4. The average Bonchev–Trinajstić information content (AvgIpc) is 2.37. The van der Waals surface area contributed by atoms with Gasteiger partial charge in [0.15, 0.2) is 0 Å². The number of aryl methyl sites for hydroxylation is 1. The molecule has 0 radical (unpaired) electrons. The summed E-state index contributed by atoms with van der Waals surface area (Å²) >= 11 is 0. The summed E-state index contributed by atoms with van der Waals surface area (Å²) in [6, 6.07) is 5.28. The molecule has 1 aromatic carbocycles. The number of ether oxygens (including phenoxy) is 2. The number of esters is 1. The van der Waals surface area contributed by atoms with Gasteiger partial charge in [-0.15, -0.1) is 0 Å². The monoisotopic (exact) mass is 233 g/mol. The quantitative estimate of drug-likeness (QED) is 0.749. The highest BCUT2D eigenvalue weighted by Gasteiger charge is 2.18. The van der Waals surface area contributed by atoms with Gasteiger partial charge in [0.05, 0.1) is 25.3 Å². The van der Waals surface area contributed by atoms with E-state index < -0.39 is 5.97 Å². The molecule has 0 heterocycles. The Morgan fingerprint density at radius 1 is 1.41 bits per heavy atom. The van der Waals surface area contributed by atoms with Crippen molar-refractivity contribution >= 4 is 5.97 Å². The van der Waals surface area contributed by atoms with Gasteiger partial charge in [-0.3, -0.25) is 0 Å². The van der Waals surface area contributed by atoms with Crippen LogP contribution in [0.2, 0.25) is 0 Å². The molecular weight excluding hydrogens is 218 g/mol. The highest BCUT2D eigenvalue weighted by molar-refractivity contribution is 5.94. The maximum Gasteiger partial charge on any atom is 0.342 e. The summed E-state index contributed by atoms with van der Waals surface area (Å²) in [4.78, 5) is 11.8. The molecule has 1 aromatic rings. The summed E-state index contributed by atoms with van der Waals surface area (Å²) in [6.07, 6.45) is 0.639. The molecule has 0 aromatic heterocycles. The second kappa shape index (κ2) is 5.90. The molecule has 90 valence electrons. The number of benzene rings is 1. The summed E-state index contributed by atoms with van der Waals surface area (Å²) in [5.41, 5.74) is 1.65. The molecule has 0 saturated carbocycles. The summed E-state index contributed by atoms with van der Waals surface area (Å²) in [5, 5.41) is 8.89. The van der Waals surface area contributed by atoms with Crippen LogP contribution in [0.5, 0.6) is 5.75 Å². The van der Waals surface area contributed by atoms with Crippen molar-refractivity contribution < 1.29 is 14.3 Å². The maximum atomic E-state index is 11.8. The fourth-order valence-electron chi connectivity index (χ4n) is 1.61. The van der Waals surface area contributed by atoms with E-state index in [9.17, 15) is 4.79 Å². The number of nitrogens with zero attached hydrogens (tertiary/aromatic N) is 1. The van der Waals surface area contributed by atoms with Gasteiger partial charge in [0, 0.05) is 0 Å². The van der Waals surface area contributed by atoms with Crippen LogP contribution in [0.1, 0.15) is 35.3 Å². The van der Waals surface area contributed by atoms with E-state index in [2.05, 4.69) is 0 Å². The molecule has 0 N–H and O–H groups in total. The van der Waals surface area contributed by atoms with E-state index in [-0.39, 0.29) is 0 Å². The van der Waals surface area contributed by atoms with Crippen molar-refractivity contribution in [2.75, 3.05) is 13.7 Å². The Hall–Kier alpha value is -2.02. The maximum absolute atomic E-state index is 11.8. The minimum Gasteiger partial charge on any atom is -0.496 e. The minimum atomic E-state index is -0.411. The lowest BCUT2D eigenvalue weighted by atomic mass is 10.0. The van der Waals surface area contributed by atoms with E-state index >= 15 is 0 Å². The fourth-order valence-corrected chi connectivity index (χ4v) is 1.61. The zero-order valence-electron chi connectivity index (χ0n) is 10.2. The van der Waals surface area contributed by atoms with Gasteiger partial charge in [-0.2, -0.15) is 5.26 Å². The Kier molecular flexibility index (Phi) is 4.53. The van der Waals surface area contributed by atoms with Crippen molar-refractivity contribution in [1.82, 2.24) is 0 Å². The number of carbonyl (C=O) groups is 1. The summed E-state index contributed by atoms with van der Waals surface area (Å²) in [6.45, 7) is 3.98. The lowest BCUT2D eigenvalue weighted by Gasteiger charge is -2.12. The summed E-state index contributed by atoms with van der Waals surface area (Å²) in [5.74, 6) is -0.0231. The first-order valence-corrected chi connectivity index (χ1v) is 5.46. The Balaban J connectivity index is 3.35. The molecule has 0 bridgehead atoms. The molecule has 0 saturated heterocycles. The first kappa shape index (κ1) is 13.0. The molecule has 1 rings (SSSR count). The average molecular weight is 233 g/mol. The van der Waals surface area contributed by atoms with Crippen molar-refractivity contribution in [3.8, 4) is 11.8 Å². The van der Waals surface area contributed by atoms with E-state index in [1.54, 1.807) is 19.1 Å². The third-order valence-corrected chi connectivity index (χ3v) is 2.39. The third kappa shape index (κ3) is 2.76. The van der Waals surface area contributed by atoms with Crippen LogP contribution >= 0.6 is 0 Å². The van der Waals surface area contributed by atoms with Gasteiger partial charge in [0.25, 0.3) is 0 Å². The summed E-state index contributed by atoms with van der Waals surface area (Å²) < 4.78 is 10.1.